The number of hydrogen-bond donors (Lipinski definition) is 1. The number of halogens is 1. The molecular formula is C7H4FN3O3. The van der Waals surface area contributed by atoms with Crippen molar-refractivity contribution in [1.29, 1.82) is 0 Å². The lowest BCUT2D eigenvalue weighted by Crippen LogP contribution is -2.26. The van der Waals surface area contributed by atoms with E-state index < -0.39 is 28.3 Å². The number of fused-ring (bicyclic) bond motifs is 1. The molecule has 2 aliphatic rings. The van der Waals surface area contributed by atoms with Crippen LogP contribution < -0.4 is 5.43 Å². The van der Waals surface area contributed by atoms with E-state index in [2.05, 4.69) is 10.5 Å². The lowest BCUT2D eigenvalue weighted by molar-refractivity contribution is -0.421. The zero-order chi connectivity index (χ0) is 10.3. The van der Waals surface area contributed by atoms with E-state index in [1.165, 1.54) is 6.08 Å². The van der Waals surface area contributed by atoms with E-state index >= 15 is 0 Å². The molecule has 14 heavy (non-hydrogen) atoms. The Morgan fingerprint density at radius 1 is 1.57 bits per heavy atom. The lowest BCUT2D eigenvalue weighted by atomic mass is 9.96. The molecule has 0 radical (unpaired) electrons. The number of allylic oxidation sites excluding steroid dienone is 2. The molecule has 1 N–H and O–H groups in total. The zero-order valence-electron chi connectivity index (χ0n) is 6.73. The van der Waals surface area contributed by atoms with Gasteiger partial charge in [-0.1, -0.05) is 0 Å². The Hall–Kier alpha value is -2.05. The Bertz CT molecular complexity index is 424. The third-order valence-electron chi connectivity index (χ3n) is 1.96. The van der Waals surface area contributed by atoms with E-state index in [4.69, 9.17) is 0 Å². The molecule has 0 fully saturated rings. The number of nitrogens with zero attached hydrogens (tertiary/aromatic N) is 2. The first-order chi connectivity index (χ1) is 6.61. The highest BCUT2D eigenvalue weighted by Crippen LogP contribution is 2.27. The third kappa shape index (κ3) is 1.02. The monoisotopic (exact) mass is 197 g/mol. The van der Waals surface area contributed by atoms with Crippen LogP contribution in [0.15, 0.2) is 28.8 Å². The summed E-state index contributed by atoms with van der Waals surface area (Å²) in [7, 11) is 0. The van der Waals surface area contributed by atoms with Crippen LogP contribution in [0.1, 0.15) is 0 Å². The molecular weight excluding hydrogens is 193 g/mol. The Balaban J connectivity index is 2.49. The number of hydrogen-bond acceptors (Lipinski definition) is 4. The highest BCUT2D eigenvalue weighted by Gasteiger charge is 2.40. The summed E-state index contributed by atoms with van der Waals surface area (Å²) in [5, 5.41) is 13.9. The second-order valence-corrected chi connectivity index (χ2v) is 2.77. The summed E-state index contributed by atoms with van der Waals surface area (Å²) in [6.45, 7) is 0. The number of nitro groups is 1. The lowest BCUT2D eigenvalue weighted by Gasteiger charge is -2.08. The average Bonchev–Trinajstić information content (AvgIpc) is 2.48. The van der Waals surface area contributed by atoms with Crippen LogP contribution in [0.3, 0.4) is 0 Å². The van der Waals surface area contributed by atoms with Gasteiger partial charge in [0.15, 0.2) is 5.83 Å². The maximum atomic E-state index is 13.3. The van der Waals surface area contributed by atoms with Crippen molar-refractivity contribution in [3.05, 3.63) is 33.8 Å². The van der Waals surface area contributed by atoms with Crippen LogP contribution in [0.25, 0.3) is 0 Å². The first kappa shape index (κ1) is 8.54. The smallest absolute Gasteiger partial charge is 0.272 e. The topological polar surface area (TPSA) is 84.6 Å². The quantitative estimate of drug-likeness (QED) is 0.478. The van der Waals surface area contributed by atoms with Gasteiger partial charge in [0.2, 0.25) is 0 Å². The van der Waals surface area contributed by atoms with Crippen molar-refractivity contribution in [2.24, 2.45) is 11.0 Å². The normalized spacial score (nSPS) is 24.5. The molecule has 0 aromatic heterocycles. The summed E-state index contributed by atoms with van der Waals surface area (Å²) in [6, 6.07) is 0. The first-order valence-corrected chi connectivity index (χ1v) is 3.71. The van der Waals surface area contributed by atoms with Gasteiger partial charge < -0.3 is 0 Å². The van der Waals surface area contributed by atoms with Gasteiger partial charge in [-0.3, -0.25) is 14.9 Å². The van der Waals surface area contributed by atoms with Crippen LogP contribution in [0, 0.1) is 16.0 Å². The van der Waals surface area contributed by atoms with Gasteiger partial charge in [0.05, 0.1) is 10.6 Å². The fourth-order valence-electron chi connectivity index (χ4n) is 1.30. The second kappa shape index (κ2) is 2.72. The molecule has 0 bridgehead atoms. The molecule has 1 heterocycles. The van der Waals surface area contributed by atoms with Gasteiger partial charge in [0, 0.05) is 6.08 Å². The van der Waals surface area contributed by atoms with Crippen LogP contribution in [-0.4, -0.2) is 16.5 Å². The minimum absolute atomic E-state index is 0.165. The van der Waals surface area contributed by atoms with E-state index in [-0.39, 0.29) is 5.71 Å². The number of amides is 1. The third-order valence-corrected chi connectivity index (χ3v) is 1.96. The number of carbonyl (C=O) groups is 1. The zero-order valence-corrected chi connectivity index (χ0v) is 6.73. The van der Waals surface area contributed by atoms with E-state index in [0.29, 0.717) is 0 Å². The molecule has 7 heteroatoms. The van der Waals surface area contributed by atoms with Crippen LogP contribution in [0.4, 0.5) is 4.39 Å². The fourth-order valence-corrected chi connectivity index (χ4v) is 1.30. The number of nitrogens with one attached hydrogen (secondary N) is 1. The van der Waals surface area contributed by atoms with Crippen molar-refractivity contribution >= 4 is 11.6 Å². The molecule has 1 unspecified atom stereocenters. The highest BCUT2D eigenvalue weighted by atomic mass is 19.1. The average molecular weight is 197 g/mol. The molecule has 0 spiro atoms. The molecule has 0 aromatic rings. The molecule has 0 aromatic carbocycles. The summed E-state index contributed by atoms with van der Waals surface area (Å²) >= 11 is 0. The van der Waals surface area contributed by atoms with Crippen molar-refractivity contribution in [2.45, 2.75) is 0 Å². The molecule has 1 atom stereocenters. The molecule has 1 amide bonds. The summed E-state index contributed by atoms with van der Waals surface area (Å²) in [6.07, 6.45) is 2.24. The summed E-state index contributed by atoms with van der Waals surface area (Å²) < 4.78 is 13.3. The van der Waals surface area contributed by atoms with Gasteiger partial charge in [-0.15, -0.1) is 0 Å². The van der Waals surface area contributed by atoms with Crippen LogP contribution >= 0.6 is 0 Å². The Labute approximate surface area is 76.9 Å². The molecule has 72 valence electrons. The SMILES string of the molecule is O=C1NN=C2C=CC([N+](=O)[O-])=C(F)C12. The minimum atomic E-state index is -1.25. The first-order valence-electron chi connectivity index (χ1n) is 3.71. The number of carbonyl (C=O) groups excluding carboxylic acids is 1. The molecule has 1 aliphatic heterocycles. The summed E-state index contributed by atoms with van der Waals surface area (Å²) in [5.74, 6) is -2.99. The summed E-state index contributed by atoms with van der Waals surface area (Å²) in [4.78, 5) is 20.5. The minimum Gasteiger partial charge on any atom is -0.272 e. The summed E-state index contributed by atoms with van der Waals surface area (Å²) in [5.41, 5.74) is 1.53. The molecule has 6 nitrogen and oxygen atoms in total. The maximum absolute atomic E-state index is 13.3. The Morgan fingerprint density at radius 2 is 2.29 bits per heavy atom. The van der Waals surface area contributed by atoms with Gasteiger partial charge in [-0.25, -0.2) is 9.82 Å². The predicted molar refractivity (Wildman–Crippen MR) is 43.3 cm³/mol. The molecule has 1 aliphatic carbocycles. The standard InChI is InChI=1S/C7H4FN3O3/c8-6-4(11(13)14)2-1-3-5(6)7(12)10-9-3/h1-2,5H,(H,10,12). The largest absolute Gasteiger partial charge is 0.301 e. The van der Waals surface area contributed by atoms with E-state index in [1.807, 2.05) is 0 Å². The molecule has 0 saturated carbocycles. The van der Waals surface area contributed by atoms with Crippen molar-refractivity contribution in [3.63, 3.8) is 0 Å². The number of rotatable bonds is 1. The van der Waals surface area contributed by atoms with Crippen LogP contribution in [0.2, 0.25) is 0 Å². The van der Waals surface area contributed by atoms with E-state index in [0.717, 1.165) is 6.08 Å². The van der Waals surface area contributed by atoms with Gasteiger partial charge in [0.1, 0.15) is 5.92 Å². The van der Waals surface area contributed by atoms with Crippen molar-refractivity contribution < 1.29 is 14.1 Å². The predicted octanol–water partition coefficient (Wildman–Crippen LogP) is 0.116. The maximum Gasteiger partial charge on any atom is 0.301 e. The van der Waals surface area contributed by atoms with Gasteiger partial charge in [0.25, 0.3) is 5.91 Å². The van der Waals surface area contributed by atoms with Crippen molar-refractivity contribution in [2.75, 3.05) is 0 Å². The van der Waals surface area contributed by atoms with Crippen molar-refractivity contribution in [1.82, 2.24) is 5.43 Å². The van der Waals surface area contributed by atoms with E-state index in [1.54, 1.807) is 0 Å². The van der Waals surface area contributed by atoms with Crippen LogP contribution in [-0.2, 0) is 4.79 Å². The molecule has 2 rings (SSSR count). The van der Waals surface area contributed by atoms with E-state index in [9.17, 15) is 19.3 Å². The molecule has 0 saturated heterocycles. The highest BCUT2D eigenvalue weighted by molar-refractivity contribution is 6.16. The fraction of sp³-hybridized carbons (Fsp3) is 0.143. The van der Waals surface area contributed by atoms with Crippen LogP contribution in [0.5, 0.6) is 0 Å². The Morgan fingerprint density at radius 3 is 2.93 bits per heavy atom. The van der Waals surface area contributed by atoms with Gasteiger partial charge in [-0.2, -0.15) is 5.10 Å². The Kier molecular flexibility index (Phi) is 1.66. The van der Waals surface area contributed by atoms with Gasteiger partial charge in [-0.05, 0) is 6.08 Å². The van der Waals surface area contributed by atoms with Gasteiger partial charge >= 0.3 is 5.70 Å². The van der Waals surface area contributed by atoms with Crippen molar-refractivity contribution in [3.8, 4) is 0 Å². The number of hydrazone groups is 1. The second-order valence-electron chi connectivity index (χ2n) is 2.77.